The van der Waals surface area contributed by atoms with E-state index in [1.54, 1.807) is 0 Å². The number of aryl methyl sites for hydroxylation is 2. The van der Waals surface area contributed by atoms with Gasteiger partial charge in [0.2, 0.25) is 11.2 Å². The first kappa shape index (κ1) is 22.5. The van der Waals surface area contributed by atoms with Gasteiger partial charge in [-0.2, -0.15) is 4.57 Å². The first-order valence-corrected chi connectivity index (χ1v) is 14.3. The third-order valence-electron chi connectivity index (χ3n) is 8.44. The summed E-state index contributed by atoms with van der Waals surface area (Å²) in [6.07, 6.45) is 0. The maximum atomic E-state index is 2.46. The van der Waals surface area contributed by atoms with E-state index in [0.29, 0.717) is 0 Å². The molecule has 3 aromatic heterocycles. The maximum absolute atomic E-state index is 2.46. The van der Waals surface area contributed by atoms with Crippen molar-refractivity contribution < 1.29 is 4.57 Å². The summed E-state index contributed by atoms with van der Waals surface area (Å²) in [5.74, 6) is 0. The Balaban J connectivity index is 1.56. The zero-order valence-corrected chi connectivity index (χ0v) is 23.0. The molecular formula is C36H27N2S+. The summed E-state index contributed by atoms with van der Waals surface area (Å²) in [7, 11) is 2.22. The van der Waals surface area contributed by atoms with Crippen LogP contribution in [0.2, 0.25) is 0 Å². The van der Waals surface area contributed by atoms with E-state index in [-0.39, 0.29) is 0 Å². The Bertz CT molecular complexity index is 2210. The monoisotopic (exact) mass is 519 g/mol. The van der Waals surface area contributed by atoms with Crippen molar-refractivity contribution >= 4 is 64.2 Å². The fourth-order valence-electron chi connectivity index (χ4n) is 6.42. The van der Waals surface area contributed by atoms with Crippen molar-refractivity contribution in [3.05, 3.63) is 120 Å². The van der Waals surface area contributed by atoms with Crippen LogP contribution in [-0.4, -0.2) is 4.57 Å². The molecule has 0 aliphatic heterocycles. The molecule has 5 aromatic carbocycles. The molecule has 8 aromatic rings. The second-order valence-electron chi connectivity index (χ2n) is 10.5. The lowest BCUT2D eigenvalue weighted by Gasteiger charge is -2.15. The van der Waals surface area contributed by atoms with Crippen LogP contribution in [-0.2, 0) is 7.05 Å². The lowest BCUT2D eigenvalue weighted by atomic mass is 9.95. The molecule has 0 unspecified atom stereocenters. The average molecular weight is 520 g/mol. The van der Waals surface area contributed by atoms with Gasteiger partial charge in [-0.05, 0) is 55.3 Å². The smallest absolute Gasteiger partial charge is 0.216 e. The Kier molecular flexibility index (Phi) is 4.77. The van der Waals surface area contributed by atoms with Crippen LogP contribution in [0.4, 0.5) is 0 Å². The quantitative estimate of drug-likeness (QED) is 0.201. The number of pyridine rings is 1. The number of benzene rings is 5. The number of hydrogen-bond donors (Lipinski definition) is 0. The molecule has 0 spiro atoms. The maximum Gasteiger partial charge on any atom is 0.216 e. The predicted octanol–water partition coefficient (Wildman–Crippen LogP) is 9.41. The van der Waals surface area contributed by atoms with Crippen molar-refractivity contribution in [2.24, 2.45) is 7.05 Å². The number of hydrogen-bond acceptors (Lipinski definition) is 1. The molecule has 39 heavy (non-hydrogen) atoms. The molecule has 0 N–H and O–H groups in total. The van der Waals surface area contributed by atoms with Gasteiger partial charge in [0.1, 0.15) is 7.05 Å². The van der Waals surface area contributed by atoms with Crippen molar-refractivity contribution in [1.29, 1.82) is 0 Å². The van der Waals surface area contributed by atoms with Gasteiger partial charge in [-0.15, -0.1) is 11.3 Å². The molecule has 0 amide bonds. The Morgan fingerprint density at radius 2 is 1.21 bits per heavy atom. The minimum absolute atomic E-state index is 1.21. The molecule has 8 rings (SSSR count). The van der Waals surface area contributed by atoms with Crippen LogP contribution in [0, 0.1) is 13.8 Å². The third-order valence-corrected chi connectivity index (χ3v) is 9.65. The number of rotatable bonds is 2. The molecule has 3 heteroatoms. The fraction of sp³-hybridized carbons (Fsp3) is 0.0833. The summed E-state index contributed by atoms with van der Waals surface area (Å²) >= 11 is 1.91. The molecule has 186 valence electrons. The summed E-state index contributed by atoms with van der Waals surface area (Å²) in [5.41, 5.74) is 10.1. The van der Waals surface area contributed by atoms with Gasteiger partial charge in [-0.3, -0.25) is 0 Å². The molecule has 0 atom stereocenters. The van der Waals surface area contributed by atoms with Gasteiger partial charge < -0.3 is 4.57 Å². The summed E-state index contributed by atoms with van der Waals surface area (Å²) in [4.78, 5) is 0. The van der Waals surface area contributed by atoms with Gasteiger partial charge >= 0.3 is 0 Å². The molecular weight excluding hydrogens is 492 g/mol. The standard InChI is InChI=1S/C36H27N2S/c1-22-20-28-26-14-7-11-19-34(26)39-36(28)35(23(22)2)33-21-32(27-15-6-8-16-29(27)37(33)3)38-30-17-9-4-12-24(30)25-13-5-10-18-31(25)38/h4-21H,1-3H3/q+1. The topological polar surface area (TPSA) is 8.81 Å². The van der Waals surface area contributed by atoms with Crippen molar-refractivity contribution in [3.8, 4) is 16.9 Å². The van der Waals surface area contributed by atoms with Crippen LogP contribution in [0.1, 0.15) is 11.1 Å². The van der Waals surface area contributed by atoms with Crippen LogP contribution < -0.4 is 4.57 Å². The number of aromatic nitrogens is 2. The SMILES string of the molecule is Cc1cc2c(sc3ccccc32)c(-c2cc(-n3c4ccccc4c4ccccc43)c3ccccc3[n+]2C)c1C. The normalized spacial score (nSPS) is 12.0. The minimum atomic E-state index is 1.21. The molecule has 3 heterocycles. The van der Waals surface area contributed by atoms with Crippen LogP contribution in [0.3, 0.4) is 0 Å². The third kappa shape index (κ3) is 3.11. The second kappa shape index (κ2) is 8.26. The lowest BCUT2D eigenvalue weighted by Crippen LogP contribution is -2.33. The van der Waals surface area contributed by atoms with Gasteiger partial charge in [-0.1, -0.05) is 66.7 Å². The predicted molar refractivity (Wildman–Crippen MR) is 167 cm³/mol. The largest absolute Gasteiger partial charge is 0.308 e. The summed E-state index contributed by atoms with van der Waals surface area (Å²) in [6.45, 7) is 4.53. The van der Waals surface area contributed by atoms with Crippen molar-refractivity contribution in [2.75, 3.05) is 0 Å². The summed E-state index contributed by atoms with van der Waals surface area (Å²) in [6, 6.07) is 40.0. The van der Waals surface area contributed by atoms with Crippen LogP contribution in [0.25, 0.3) is 69.8 Å². The first-order valence-electron chi connectivity index (χ1n) is 13.4. The highest BCUT2D eigenvalue weighted by atomic mass is 32.1. The fourth-order valence-corrected chi connectivity index (χ4v) is 7.71. The van der Waals surface area contributed by atoms with E-state index in [1.807, 2.05) is 11.3 Å². The van der Waals surface area contributed by atoms with E-state index >= 15 is 0 Å². The van der Waals surface area contributed by atoms with Crippen LogP contribution in [0.15, 0.2) is 109 Å². The zero-order valence-electron chi connectivity index (χ0n) is 22.2. The van der Waals surface area contributed by atoms with Gasteiger partial charge in [0.25, 0.3) is 0 Å². The molecule has 0 radical (unpaired) electrons. The number of para-hydroxylation sites is 3. The Morgan fingerprint density at radius 3 is 1.92 bits per heavy atom. The van der Waals surface area contributed by atoms with E-state index in [2.05, 4.69) is 139 Å². The van der Waals surface area contributed by atoms with Crippen molar-refractivity contribution in [1.82, 2.24) is 4.57 Å². The Hall–Kier alpha value is -4.47. The van der Waals surface area contributed by atoms with Crippen LogP contribution >= 0.6 is 11.3 Å². The highest BCUT2D eigenvalue weighted by Crippen LogP contribution is 2.43. The Morgan fingerprint density at radius 1 is 0.615 bits per heavy atom. The molecule has 0 bridgehead atoms. The average Bonchev–Trinajstić information content (AvgIpc) is 3.50. The van der Waals surface area contributed by atoms with Gasteiger partial charge in [0, 0.05) is 43.1 Å². The number of thiophene rings is 1. The first-order chi connectivity index (χ1) is 19.1. The minimum Gasteiger partial charge on any atom is -0.308 e. The van der Waals surface area contributed by atoms with Crippen molar-refractivity contribution in [3.63, 3.8) is 0 Å². The number of nitrogens with zero attached hydrogens (tertiary/aromatic N) is 2. The highest BCUT2D eigenvalue weighted by molar-refractivity contribution is 7.26. The molecule has 0 saturated heterocycles. The van der Waals surface area contributed by atoms with E-state index < -0.39 is 0 Å². The molecule has 0 saturated carbocycles. The van der Waals surface area contributed by atoms with E-state index in [9.17, 15) is 0 Å². The molecule has 2 nitrogen and oxygen atoms in total. The van der Waals surface area contributed by atoms with E-state index in [4.69, 9.17) is 0 Å². The zero-order chi connectivity index (χ0) is 26.2. The summed E-state index contributed by atoms with van der Waals surface area (Å²) < 4.78 is 7.55. The van der Waals surface area contributed by atoms with E-state index in [1.165, 1.54) is 81.0 Å². The van der Waals surface area contributed by atoms with Crippen LogP contribution in [0.5, 0.6) is 0 Å². The second-order valence-corrected chi connectivity index (χ2v) is 11.6. The molecule has 0 aliphatic carbocycles. The summed E-state index contributed by atoms with van der Waals surface area (Å²) in [5, 5.41) is 6.50. The van der Waals surface area contributed by atoms with Gasteiger partial charge in [-0.25, -0.2) is 0 Å². The van der Waals surface area contributed by atoms with E-state index in [0.717, 1.165) is 0 Å². The molecule has 0 aliphatic rings. The van der Waals surface area contributed by atoms with Gasteiger partial charge in [0.05, 0.1) is 27.7 Å². The van der Waals surface area contributed by atoms with Crippen molar-refractivity contribution in [2.45, 2.75) is 13.8 Å². The highest BCUT2D eigenvalue weighted by Gasteiger charge is 2.25. The van der Waals surface area contributed by atoms with Gasteiger partial charge in [0.15, 0.2) is 0 Å². The Labute approximate surface area is 231 Å². The number of fused-ring (bicyclic) bond motifs is 7. The molecule has 0 fully saturated rings. The lowest BCUT2D eigenvalue weighted by molar-refractivity contribution is -0.633.